The highest BCUT2D eigenvalue weighted by Gasteiger charge is 2.41. The van der Waals surface area contributed by atoms with E-state index < -0.39 is 28.1 Å². The molecule has 0 saturated heterocycles. The Morgan fingerprint density at radius 2 is 1.78 bits per heavy atom. The van der Waals surface area contributed by atoms with Crippen molar-refractivity contribution in [3.63, 3.8) is 0 Å². The molecule has 1 aliphatic rings. The normalized spacial score (nSPS) is 17.2. The van der Waals surface area contributed by atoms with Crippen LogP contribution in [0.15, 0.2) is 71.9 Å². The van der Waals surface area contributed by atoms with Crippen LogP contribution < -0.4 is 10.1 Å². The summed E-state index contributed by atoms with van der Waals surface area (Å²) in [5.41, 5.74) is 5.23. The van der Waals surface area contributed by atoms with E-state index in [1.807, 2.05) is 82.6 Å². The van der Waals surface area contributed by atoms with Crippen LogP contribution in [0.25, 0.3) is 11.0 Å². The maximum atomic E-state index is 14.2. The van der Waals surface area contributed by atoms with Gasteiger partial charge in [-0.15, -0.1) is 15.9 Å². The van der Waals surface area contributed by atoms with E-state index in [0.29, 0.717) is 30.2 Å². The third kappa shape index (κ3) is 6.79. The Labute approximate surface area is 298 Å². The molecule has 0 radical (unpaired) electrons. The van der Waals surface area contributed by atoms with Gasteiger partial charge in [0.15, 0.2) is 0 Å². The molecule has 14 heteroatoms. The molecule has 13 nitrogen and oxygen atoms in total. The summed E-state index contributed by atoms with van der Waals surface area (Å²) in [5, 5.41) is 20.9. The van der Waals surface area contributed by atoms with E-state index in [9.17, 15) is 23.8 Å². The molecule has 2 unspecified atom stereocenters. The minimum absolute atomic E-state index is 0.228. The van der Waals surface area contributed by atoms with Gasteiger partial charge in [-0.25, -0.2) is 19.4 Å². The number of carbonyl (C=O) groups is 2. The largest absolute Gasteiger partial charge is 0.487 e. The van der Waals surface area contributed by atoms with Crippen molar-refractivity contribution in [2.45, 2.75) is 78.0 Å². The van der Waals surface area contributed by atoms with Gasteiger partial charge in [0.05, 0.1) is 35.6 Å². The average molecular weight is 714 g/mol. The minimum Gasteiger partial charge on any atom is -0.487 e. The summed E-state index contributed by atoms with van der Waals surface area (Å²) in [4.78, 5) is 33.6. The molecule has 0 aliphatic carbocycles. The first-order chi connectivity index (χ1) is 24.3. The molecule has 0 fully saturated rings. The van der Waals surface area contributed by atoms with Crippen molar-refractivity contribution in [2.75, 3.05) is 11.9 Å². The lowest BCUT2D eigenvalue weighted by Crippen LogP contribution is -2.37. The molecule has 2 aromatic heterocycles. The summed E-state index contributed by atoms with van der Waals surface area (Å²) in [6.45, 7) is 12.9. The second kappa shape index (κ2) is 14.0. The zero-order valence-electron chi connectivity index (χ0n) is 29.5. The van der Waals surface area contributed by atoms with Gasteiger partial charge in [0.2, 0.25) is 11.7 Å². The van der Waals surface area contributed by atoms with Crippen LogP contribution >= 0.6 is 10.8 Å². The number of fused-ring (bicyclic) bond motifs is 2. The number of ether oxygens (including phenoxy) is 1. The highest BCUT2D eigenvalue weighted by atomic mass is 32.3. The number of aromatic nitrogens is 5. The van der Waals surface area contributed by atoms with Crippen molar-refractivity contribution in [1.29, 1.82) is 0 Å². The van der Waals surface area contributed by atoms with Gasteiger partial charge in [0, 0.05) is 19.0 Å². The van der Waals surface area contributed by atoms with Crippen LogP contribution in [-0.4, -0.2) is 68.0 Å². The summed E-state index contributed by atoms with van der Waals surface area (Å²) in [7, 11) is -3.40. The molecule has 1 aliphatic heterocycles. The molecule has 0 bridgehead atoms. The van der Waals surface area contributed by atoms with Crippen molar-refractivity contribution < 1.29 is 28.5 Å². The molecule has 0 spiro atoms. The maximum absolute atomic E-state index is 14.2. The lowest BCUT2D eigenvalue weighted by molar-refractivity contribution is -0.124. The number of anilines is 1. The molecule has 4 N–H and O–H groups in total. The third-order valence-corrected chi connectivity index (χ3v) is 11.6. The van der Waals surface area contributed by atoms with Gasteiger partial charge in [0.25, 0.3) is 0 Å². The summed E-state index contributed by atoms with van der Waals surface area (Å²) < 4.78 is 33.2. The number of carboxylic acids is 1. The summed E-state index contributed by atoms with van der Waals surface area (Å²) in [6, 6.07) is 17.1. The van der Waals surface area contributed by atoms with E-state index in [0.717, 1.165) is 38.9 Å². The van der Waals surface area contributed by atoms with Crippen LogP contribution in [0, 0.1) is 19.3 Å². The van der Waals surface area contributed by atoms with Crippen LogP contribution in [0.2, 0.25) is 0 Å². The zero-order valence-corrected chi connectivity index (χ0v) is 30.3. The van der Waals surface area contributed by atoms with Crippen molar-refractivity contribution in [2.24, 2.45) is 5.41 Å². The number of nitrogens with one attached hydrogen (secondary N) is 1. The van der Waals surface area contributed by atoms with E-state index in [1.54, 1.807) is 22.5 Å². The van der Waals surface area contributed by atoms with Gasteiger partial charge in [-0.05, 0) is 73.2 Å². The Morgan fingerprint density at radius 3 is 2.47 bits per heavy atom. The number of rotatable bonds is 10. The van der Waals surface area contributed by atoms with Crippen molar-refractivity contribution >= 4 is 39.4 Å². The number of para-hydroxylation sites is 1. The average Bonchev–Trinajstić information content (AvgIpc) is 3.50. The van der Waals surface area contributed by atoms with Crippen LogP contribution in [0.1, 0.15) is 78.5 Å². The minimum atomic E-state index is -3.40. The quantitative estimate of drug-likeness (QED) is 0.117. The van der Waals surface area contributed by atoms with Crippen molar-refractivity contribution in [1.82, 2.24) is 29.3 Å². The third-order valence-electron chi connectivity index (χ3n) is 9.71. The molecule has 5 aromatic rings. The molecular formula is C37H43N7O6S. The topological polar surface area (TPSA) is 176 Å². The fourth-order valence-corrected chi connectivity index (χ4v) is 8.32. The Hall–Kier alpha value is -4.89. The number of nitrogens with zero attached hydrogens (tertiary/aromatic N) is 6. The first-order valence-electron chi connectivity index (χ1n) is 16.8. The number of aryl methyl sites for hydroxylation is 3. The fraction of sp³-hybridized carbons (Fsp3) is 0.351. The number of carboxylic acid groups (broad SMARTS) is 1. The number of carbonyl (C=O) groups excluding carboxylic acids is 1. The van der Waals surface area contributed by atoms with Gasteiger partial charge in [-0.3, -0.25) is 13.9 Å². The molecule has 268 valence electrons. The smallest absolute Gasteiger partial charge is 0.373 e. The predicted octanol–water partition coefficient (Wildman–Crippen LogP) is 7.05. The van der Waals surface area contributed by atoms with Gasteiger partial charge >= 0.3 is 5.97 Å². The van der Waals surface area contributed by atoms with Gasteiger partial charge in [-0.2, -0.15) is 4.31 Å². The molecule has 0 saturated carbocycles. The molecular weight excluding hydrogens is 671 g/mol. The highest BCUT2D eigenvalue weighted by molar-refractivity contribution is 8.22. The Balaban J connectivity index is 1.44. The van der Waals surface area contributed by atoms with E-state index in [-0.39, 0.29) is 30.1 Å². The lowest BCUT2D eigenvalue weighted by Gasteiger charge is -2.42. The second-order valence-electron chi connectivity index (χ2n) is 13.4. The lowest BCUT2D eigenvalue weighted by atomic mass is 9.69. The van der Waals surface area contributed by atoms with Gasteiger partial charge in [0.1, 0.15) is 22.3 Å². The molecule has 2 atom stereocenters. The van der Waals surface area contributed by atoms with E-state index in [1.165, 1.54) is 12.4 Å². The van der Waals surface area contributed by atoms with Crippen LogP contribution in [0.4, 0.5) is 5.69 Å². The Kier molecular flexibility index (Phi) is 9.88. The fourth-order valence-electron chi connectivity index (χ4n) is 6.70. The van der Waals surface area contributed by atoms with Crippen LogP contribution in [0.3, 0.4) is 0 Å². The summed E-state index contributed by atoms with van der Waals surface area (Å²) >= 11 is 0. The van der Waals surface area contributed by atoms with Gasteiger partial charge < -0.3 is 15.2 Å². The number of hydrogen-bond acceptors (Lipinski definition) is 10. The number of aromatic carboxylic acids is 1. The molecule has 3 aromatic carbocycles. The maximum Gasteiger partial charge on any atom is 0.373 e. The molecule has 6 rings (SSSR count). The van der Waals surface area contributed by atoms with E-state index in [4.69, 9.17) is 4.74 Å². The standard InChI is InChI=1S/C37H43N7O6S/c1-7-27-21-43(51(48,49)31-12-10-9-11-30(31)50-27)20-25-17-24(14-13-22(25)3)32(28-15-16-29-33(23(28)4)41-42-44(29)8-2)37(5,6)36(47)40-26-18-38-34(35(45)46)39-19-26/h9-19,27,32,48-49H,7-8,20-21H2,1-6H3,(H,40,47)(H,45,46). The molecule has 1 amide bonds. The van der Waals surface area contributed by atoms with E-state index in [2.05, 4.69) is 25.6 Å². The molecule has 3 heterocycles. The number of hydrogen-bond donors (Lipinski definition) is 4. The predicted molar refractivity (Wildman–Crippen MR) is 195 cm³/mol. The monoisotopic (exact) mass is 713 g/mol. The van der Waals surface area contributed by atoms with Crippen LogP contribution in [-0.2, 0) is 17.9 Å². The van der Waals surface area contributed by atoms with Crippen molar-refractivity contribution in [3.8, 4) is 5.75 Å². The van der Waals surface area contributed by atoms with Crippen LogP contribution in [0.5, 0.6) is 5.75 Å². The SMILES string of the molecule is CCC1CN(Cc2cc(C(c3ccc4c(nnn4CC)c3C)C(C)(C)C(=O)Nc3cnc(C(=O)O)nc3)ccc2C)S(O)(O)c2ccccc2O1. The highest BCUT2D eigenvalue weighted by Crippen LogP contribution is 2.57. The Morgan fingerprint density at radius 1 is 1.06 bits per heavy atom. The van der Waals surface area contributed by atoms with Gasteiger partial charge in [-0.1, -0.05) is 62.4 Å². The number of benzene rings is 3. The van der Waals surface area contributed by atoms with Crippen molar-refractivity contribution in [3.05, 3.63) is 101 Å². The summed E-state index contributed by atoms with van der Waals surface area (Å²) in [5.74, 6) is -2.01. The molecule has 51 heavy (non-hydrogen) atoms. The first-order valence-corrected chi connectivity index (χ1v) is 18.3. The Bertz CT molecular complexity index is 2100. The van der Waals surface area contributed by atoms with E-state index >= 15 is 0 Å². The first kappa shape index (κ1) is 35.9. The second-order valence-corrected chi connectivity index (χ2v) is 15.4. The summed E-state index contributed by atoms with van der Waals surface area (Å²) in [6.07, 6.45) is 2.97. The zero-order chi connectivity index (χ0) is 36.7. The number of amides is 1.